The zero-order chi connectivity index (χ0) is 17.1. The van der Waals surface area contributed by atoms with Crippen molar-refractivity contribution in [3.05, 3.63) is 52.0 Å². The Hall–Kier alpha value is -2.36. The Bertz CT molecular complexity index is 911. The van der Waals surface area contributed by atoms with Crippen LogP contribution in [0.1, 0.15) is 16.3 Å². The van der Waals surface area contributed by atoms with E-state index in [1.165, 1.54) is 11.8 Å². The Labute approximate surface area is 149 Å². The molecular formula is C18H15N3OS2. The molecule has 0 spiro atoms. The fraction of sp³-hybridized carbons (Fsp3) is 0.167. The van der Waals surface area contributed by atoms with E-state index >= 15 is 0 Å². The van der Waals surface area contributed by atoms with Gasteiger partial charge in [0.25, 0.3) is 0 Å². The van der Waals surface area contributed by atoms with Gasteiger partial charge in [-0.2, -0.15) is 5.26 Å². The molecule has 4 nitrogen and oxygen atoms in total. The molecule has 2 heterocycles. The molecule has 0 aliphatic rings. The van der Waals surface area contributed by atoms with Crippen molar-refractivity contribution in [1.29, 1.82) is 5.26 Å². The van der Waals surface area contributed by atoms with Gasteiger partial charge < -0.3 is 4.74 Å². The number of pyridine rings is 1. The molecule has 0 fully saturated rings. The molecular weight excluding hydrogens is 338 g/mol. The summed E-state index contributed by atoms with van der Waals surface area (Å²) in [5.74, 6) is 0.804. The minimum absolute atomic E-state index is 0.557. The van der Waals surface area contributed by atoms with E-state index in [1.807, 2.05) is 49.6 Å². The molecule has 24 heavy (non-hydrogen) atoms. The number of aromatic nitrogens is 2. The third kappa shape index (κ3) is 3.42. The van der Waals surface area contributed by atoms with Crippen LogP contribution in [-0.2, 0) is 0 Å². The Morgan fingerprint density at radius 3 is 2.50 bits per heavy atom. The first kappa shape index (κ1) is 16.5. The molecule has 3 rings (SSSR count). The average Bonchev–Trinajstić information content (AvgIpc) is 3.02. The number of thiazole rings is 1. The number of nitrogens with zero attached hydrogens (tertiary/aromatic N) is 3. The van der Waals surface area contributed by atoms with Crippen LogP contribution in [0.5, 0.6) is 5.75 Å². The number of rotatable bonds is 4. The van der Waals surface area contributed by atoms with Crippen molar-refractivity contribution in [2.45, 2.75) is 23.8 Å². The van der Waals surface area contributed by atoms with E-state index in [0.29, 0.717) is 10.6 Å². The van der Waals surface area contributed by atoms with E-state index in [1.54, 1.807) is 18.4 Å². The highest BCUT2D eigenvalue weighted by atomic mass is 32.2. The van der Waals surface area contributed by atoms with E-state index in [0.717, 1.165) is 32.6 Å². The molecule has 0 amide bonds. The Morgan fingerprint density at radius 2 is 1.92 bits per heavy atom. The third-order valence-electron chi connectivity index (χ3n) is 3.47. The lowest BCUT2D eigenvalue weighted by Gasteiger charge is -2.09. The predicted octanol–water partition coefficient (Wildman–Crippen LogP) is 4.85. The number of benzene rings is 1. The number of ether oxygens (including phenoxy) is 1. The van der Waals surface area contributed by atoms with Gasteiger partial charge in [0, 0.05) is 21.5 Å². The maximum atomic E-state index is 9.50. The molecule has 6 heteroatoms. The van der Waals surface area contributed by atoms with Crippen LogP contribution in [-0.4, -0.2) is 17.1 Å². The van der Waals surface area contributed by atoms with Crippen molar-refractivity contribution < 1.29 is 4.74 Å². The van der Waals surface area contributed by atoms with Crippen LogP contribution >= 0.6 is 23.1 Å². The van der Waals surface area contributed by atoms with Crippen LogP contribution in [0.25, 0.3) is 11.3 Å². The van der Waals surface area contributed by atoms with Gasteiger partial charge in [0.15, 0.2) is 0 Å². The first-order valence-electron chi connectivity index (χ1n) is 7.27. The van der Waals surface area contributed by atoms with Crippen molar-refractivity contribution in [3.8, 4) is 23.1 Å². The van der Waals surface area contributed by atoms with E-state index in [-0.39, 0.29) is 0 Å². The molecule has 2 aromatic heterocycles. The average molecular weight is 353 g/mol. The molecule has 120 valence electrons. The second-order valence-electron chi connectivity index (χ2n) is 5.12. The summed E-state index contributed by atoms with van der Waals surface area (Å²) in [7, 11) is 1.64. The van der Waals surface area contributed by atoms with Gasteiger partial charge in [0.2, 0.25) is 0 Å². The van der Waals surface area contributed by atoms with Gasteiger partial charge in [0.1, 0.15) is 16.8 Å². The number of hydrogen-bond acceptors (Lipinski definition) is 6. The Kier molecular flexibility index (Phi) is 4.84. The van der Waals surface area contributed by atoms with Crippen LogP contribution in [0.3, 0.4) is 0 Å². The molecule has 0 bridgehead atoms. The third-order valence-corrected chi connectivity index (χ3v) is 5.25. The zero-order valence-electron chi connectivity index (χ0n) is 13.5. The second kappa shape index (κ2) is 7.04. The van der Waals surface area contributed by atoms with Crippen molar-refractivity contribution >= 4 is 23.1 Å². The molecule has 0 aliphatic heterocycles. The summed E-state index contributed by atoms with van der Waals surface area (Å²) in [6, 6.07) is 11.8. The first-order valence-corrected chi connectivity index (χ1v) is 8.96. The summed E-state index contributed by atoms with van der Waals surface area (Å²) in [5, 5.41) is 13.2. The SMILES string of the molecule is COc1ccc(Sc2nc(C)c(-c3csc(C)n3)cc2C#N)cc1. The standard InChI is InChI=1S/C18H15N3OS2/c1-11-16(17-10-23-12(2)21-17)8-13(9-19)18(20-11)24-15-6-4-14(22-3)5-7-15/h4-8,10H,1-3H3. The Morgan fingerprint density at radius 1 is 1.17 bits per heavy atom. The van der Waals surface area contributed by atoms with Gasteiger partial charge in [-0.25, -0.2) is 9.97 Å². The zero-order valence-corrected chi connectivity index (χ0v) is 15.2. The summed E-state index contributed by atoms with van der Waals surface area (Å²) in [6.07, 6.45) is 0. The van der Waals surface area contributed by atoms with Crippen LogP contribution < -0.4 is 4.74 Å². The molecule has 0 N–H and O–H groups in total. The van der Waals surface area contributed by atoms with Gasteiger partial charge in [-0.3, -0.25) is 0 Å². The van der Waals surface area contributed by atoms with Gasteiger partial charge >= 0.3 is 0 Å². The number of hydrogen-bond donors (Lipinski definition) is 0. The van der Waals surface area contributed by atoms with Crippen molar-refractivity contribution in [1.82, 2.24) is 9.97 Å². The topological polar surface area (TPSA) is 58.8 Å². The van der Waals surface area contributed by atoms with E-state index in [9.17, 15) is 5.26 Å². The molecule has 0 radical (unpaired) electrons. The summed E-state index contributed by atoms with van der Waals surface area (Å²) >= 11 is 3.07. The number of aryl methyl sites for hydroxylation is 2. The molecule has 0 unspecified atom stereocenters. The van der Waals surface area contributed by atoms with E-state index < -0.39 is 0 Å². The lowest BCUT2D eigenvalue weighted by atomic mass is 10.1. The van der Waals surface area contributed by atoms with Gasteiger partial charge in [-0.15, -0.1) is 11.3 Å². The van der Waals surface area contributed by atoms with Crippen molar-refractivity contribution in [2.75, 3.05) is 7.11 Å². The van der Waals surface area contributed by atoms with Crippen LogP contribution in [0.4, 0.5) is 0 Å². The van der Waals surface area contributed by atoms with E-state index in [4.69, 9.17) is 4.74 Å². The number of methoxy groups -OCH3 is 1. The second-order valence-corrected chi connectivity index (χ2v) is 7.24. The molecule has 0 aliphatic carbocycles. The minimum atomic E-state index is 0.557. The molecule has 1 aromatic carbocycles. The molecule has 3 aromatic rings. The van der Waals surface area contributed by atoms with Crippen LogP contribution in [0.15, 0.2) is 45.6 Å². The largest absolute Gasteiger partial charge is 0.497 e. The fourth-order valence-corrected chi connectivity index (χ4v) is 3.75. The smallest absolute Gasteiger partial charge is 0.119 e. The number of nitriles is 1. The lowest BCUT2D eigenvalue weighted by molar-refractivity contribution is 0.414. The summed E-state index contributed by atoms with van der Waals surface area (Å²) in [4.78, 5) is 10.2. The lowest BCUT2D eigenvalue weighted by Crippen LogP contribution is -1.95. The maximum absolute atomic E-state index is 9.50. The van der Waals surface area contributed by atoms with Gasteiger partial charge in [0.05, 0.1) is 23.4 Å². The summed E-state index contributed by atoms with van der Waals surface area (Å²) < 4.78 is 5.17. The summed E-state index contributed by atoms with van der Waals surface area (Å²) in [5.41, 5.74) is 3.22. The quantitative estimate of drug-likeness (QED) is 0.671. The first-order chi connectivity index (χ1) is 11.6. The highest BCUT2D eigenvalue weighted by Crippen LogP contribution is 2.33. The molecule has 0 saturated carbocycles. The minimum Gasteiger partial charge on any atom is -0.497 e. The molecule has 0 saturated heterocycles. The maximum Gasteiger partial charge on any atom is 0.119 e. The monoisotopic (exact) mass is 353 g/mol. The predicted molar refractivity (Wildman–Crippen MR) is 96.7 cm³/mol. The van der Waals surface area contributed by atoms with E-state index in [2.05, 4.69) is 16.0 Å². The highest BCUT2D eigenvalue weighted by Gasteiger charge is 2.14. The Balaban J connectivity index is 1.96. The normalized spacial score (nSPS) is 10.4. The van der Waals surface area contributed by atoms with Crippen molar-refractivity contribution in [2.24, 2.45) is 0 Å². The highest BCUT2D eigenvalue weighted by molar-refractivity contribution is 7.99. The van der Waals surface area contributed by atoms with Gasteiger partial charge in [-0.1, -0.05) is 11.8 Å². The van der Waals surface area contributed by atoms with Crippen LogP contribution in [0.2, 0.25) is 0 Å². The fourth-order valence-electron chi connectivity index (χ4n) is 2.24. The summed E-state index contributed by atoms with van der Waals surface area (Å²) in [6.45, 7) is 3.92. The van der Waals surface area contributed by atoms with Crippen LogP contribution in [0, 0.1) is 25.2 Å². The van der Waals surface area contributed by atoms with Gasteiger partial charge in [-0.05, 0) is 44.2 Å². The van der Waals surface area contributed by atoms with Crippen molar-refractivity contribution in [3.63, 3.8) is 0 Å². The molecule has 0 atom stereocenters.